The molecule has 1 fully saturated rings. The van der Waals surface area contributed by atoms with Crippen LogP contribution in [-0.2, 0) is 9.53 Å². The molecular weight excluding hydrogens is 220 g/mol. The van der Waals surface area contributed by atoms with Crippen LogP contribution in [-0.4, -0.2) is 18.3 Å². The summed E-state index contributed by atoms with van der Waals surface area (Å²) >= 11 is 1.81. The van der Waals surface area contributed by atoms with Gasteiger partial charge in [0, 0.05) is 22.6 Å². The van der Waals surface area contributed by atoms with Crippen molar-refractivity contribution in [1.82, 2.24) is 0 Å². The first-order chi connectivity index (χ1) is 7.86. The summed E-state index contributed by atoms with van der Waals surface area (Å²) in [5.74, 6) is 0.866. The van der Waals surface area contributed by atoms with Gasteiger partial charge in [-0.2, -0.15) is 0 Å². The number of rotatable bonds is 4. The van der Waals surface area contributed by atoms with Crippen LogP contribution in [0.15, 0.2) is 46.9 Å². The molecule has 1 saturated heterocycles. The molecule has 84 valence electrons. The van der Waals surface area contributed by atoms with Gasteiger partial charge in [-0.05, 0) is 18.6 Å². The molecule has 0 unspecified atom stereocenters. The van der Waals surface area contributed by atoms with E-state index in [0.717, 1.165) is 24.2 Å². The second-order valence-corrected chi connectivity index (χ2v) is 4.73. The molecule has 2 nitrogen and oxygen atoms in total. The Hall–Kier alpha value is -1.22. The molecule has 0 aromatic heterocycles. The lowest BCUT2D eigenvalue weighted by Gasteiger charge is -1.98. The van der Waals surface area contributed by atoms with E-state index in [1.165, 1.54) is 4.90 Å². The maximum atomic E-state index is 11.1. The lowest BCUT2D eigenvalue weighted by Crippen LogP contribution is -1.94. The number of thioether (sulfide) groups is 1. The first-order valence-electron chi connectivity index (χ1n) is 5.40. The average Bonchev–Trinajstić information content (AvgIpc) is 2.72. The summed E-state index contributed by atoms with van der Waals surface area (Å²) < 4.78 is 4.87. The highest BCUT2D eigenvalue weighted by Gasteiger charge is 2.17. The molecule has 0 N–H and O–H groups in total. The molecule has 0 spiro atoms. The zero-order valence-corrected chi connectivity index (χ0v) is 9.83. The third-order valence-corrected chi connectivity index (χ3v) is 3.43. The fourth-order valence-corrected chi connectivity index (χ4v) is 2.38. The highest BCUT2D eigenvalue weighted by atomic mass is 32.2. The summed E-state index contributed by atoms with van der Waals surface area (Å²) in [6, 6.07) is 10.3. The topological polar surface area (TPSA) is 26.3 Å². The van der Waals surface area contributed by atoms with Crippen molar-refractivity contribution in [2.75, 3.05) is 12.4 Å². The van der Waals surface area contributed by atoms with Crippen LogP contribution in [0.25, 0.3) is 0 Å². The molecule has 0 bridgehead atoms. The Balaban J connectivity index is 1.75. The van der Waals surface area contributed by atoms with Crippen LogP contribution in [0.5, 0.6) is 0 Å². The van der Waals surface area contributed by atoms with Crippen LogP contribution in [0, 0.1) is 0 Å². The Morgan fingerprint density at radius 2 is 2.12 bits per heavy atom. The lowest BCUT2D eigenvalue weighted by atomic mass is 10.2. The third-order valence-electron chi connectivity index (χ3n) is 2.39. The van der Waals surface area contributed by atoms with Crippen LogP contribution in [0.1, 0.15) is 12.8 Å². The highest BCUT2D eigenvalue weighted by Crippen LogP contribution is 2.19. The van der Waals surface area contributed by atoms with Crippen LogP contribution in [0.2, 0.25) is 0 Å². The molecule has 0 amide bonds. The first kappa shape index (κ1) is 11.3. The quantitative estimate of drug-likeness (QED) is 0.347. The zero-order chi connectivity index (χ0) is 11.2. The molecular formula is C13H14O2S. The van der Waals surface area contributed by atoms with Gasteiger partial charge in [-0.1, -0.05) is 24.3 Å². The van der Waals surface area contributed by atoms with Crippen LogP contribution < -0.4 is 0 Å². The summed E-state index contributed by atoms with van der Waals surface area (Å²) in [6.07, 6.45) is 3.70. The van der Waals surface area contributed by atoms with Crippen molar-refractivity contribution in [1.29, 1.82) is 0 Å². The lowest BCUT2D eigenvalue weighted by molar-refractivity contribution is -0.135. The first-order valence-corrected chi connectivity index (χ1v) is 6.39. The maximum absolute atomic E-state index is 11.1. The second-order valence-electron chi connectivity index (χ2n) is 3.57. The van der Waals surface area contributed by atoms with E-state index in [1.54, 1.807) is 0 Å². The summed E-state index contributed by atoms with van der Waals surface area (Å²) in [5.41, 5.74) is 0.841. The van der Waals surface area contributed by atoms with Crippen LogP contribution >= 0.6 is 11.8 Å². The van der Waals surface area contributed by atoms with E-state index in [0.29, 0.717) is 6.61 Å². The summed E-state index contributed by atoms with van der Waals surface area (Å²) in [7, 11) is 0. The van der Waals surface area contributed by atoms with Crippen LogP contribution in [0.4, 0.5) is 0 Å². The van der Waals surface area contributed by atoms with Gasteiger partial charge in [-0.3, -0.25) is 0 Å². The Morgan fingerprint density at radius 1 is 1.31 bits per heavy atom. The summed E-state index contributed by atoms with van der Waals surface area (Å²) in [6.45, 7) is 0.552. The predicted octanol–water partition coefficient (Wildman–Crippen LogP) is 3.04. The third kappa shape index (κ3) is 3.14. The number of benzene rings is 1. The molecule has 1 aliphatic heterocycles. The largest absolute Gasteiger partial charge is 0.462 e. The summed E-state index contributed by atoms with van der Waals surface area (Å²) in [5, 5.41) is 0. The molecule has 2 rings (SSSR count). The van der Waals surface area contributed by atoms with E-state index in [9.17, 15) is 4.79 Å². The summed E-state index contributed by atoms with van der Waals surface area (Å²) in [4.78, 5) is 12.4. The van der Waals surface area contributed by atoms with Gasteiger partial charge in [-0.25, -0.2) is 4.79 Å². The van der Waals surface area contributed by atoms with E-state index in [1.807, 2.05) is 36.0 Å². The minimum atomic E-state index is -0.135. The molecule has 0 radical (unpaired) electrons. The number of cyclic esters (lactones) is 1. The molecule has 3 heteroatoms. The Morgan fingerprint density at radius 3 is 2.81 bits per heavy atom. The highest BCUT2D eigenvalue weighted by molar-refractivity contribution is 7.99. The van der Waals surface area contributed by atoms with Gasteiger partial charge >= 0.3 is 5.97 Å². The molecule has 16 heavy (non-hydrogen) atoms. The molecule has 0 saturated carbocycles. The van der Waals surface area contributed by atoms with Gasteiger partial charge in [0.25, 0.3) is 0 Å². The van der Waals surface area contributed by atoms with Gasteiger partial charge in [0.05, 0.1) is 6.61 Å². The Bertz CT molecular complexity index is 384. The smallest absolute Gasteiger partial charge is 0.333 e. The molecule has 1 aliphatic rings. The average molecular weight is 234 g/mol. The van der Waals surface area contributed by atoms with Gasteiger partial charge in [0.1, 0.15) is 0 Å². The van der Waals surface area contributed by atoms with E-state index < -0.39 is 0 Å². The minimum Gasteiger partial charge on any atom is -0.462 e. The number of allylic oxidation sites excluding steroid dienone is 1. The molecule has 1 aromatic rings. The Labute approximate surface area is 99.7 Å². The Kier molecular flexibility index (Phi) is 4.05. The number of hydrogen-bond donors (Lipinski definition) is 0. The fourth-order valence-electron chi connectivity index (χ4n) is 1.56. The molecule has 1 aromatic carbocycles. The van der Waals surface area contributed by atoms with E-state index >= 15 is 0 Å². The van der Waals surface area contributed by atoms with Crippen molar-refractivity contribution in [3.8, 4) is 0 Å². The van der Waals surface area contributed by atoms with Crippen molar-refractivity contribution in [3.63, 3.8) is 0 Å². The number of esters is 1. The van der Waals surface area contributed by atoms with Crippen molar-refractivity contribution in [3.05, 3.63) is 42.0 Å². The van der Waals surface area contributed by atoms with Crippen molar-refractivity contribution >= 4 is 17.7 Å². The monoisotopic (exact) mass is 234 g/mol. The van der Waals surface area contributed by atoms with Crippen molar-refractivity contribution < 1.29 is 9.53 Å². The van der Waals surface area contributed by atoms with Crippen molar-refractivity contribution in [2.24, 2.45) is 0 Å². The predicted molar refractivity (Wildman–Crippen MR) is 65.4 cm³/mol. The minimum absolute atomic E-state index is 0.135. The fraction of sp³-hybridized carbons (Fsp3) is 0.308. The SMILES string of the molecule is O=C1OCC/C1=C\CCSc1ccccc1. The van der Waals surface area contributed by atoms with Gasteiger partial charge in [-0.15, -0.1) is 11.8 Å². The van der Waals surface area contributed by atoms with Crippen LogP contribution in [0.3, 0.4) is 0 Å². The number of ether oxygens (including phenoxy) is 1. The number of carbonyl (C=O) groups excluding carboxylic acids is 1. The van der Waals surface area contributed by atoms with Crippen molar-refractivity contribution in [2.45, 2.75) is 17.7 Å². The molecule has 1 heterocycles. The van der Waals surface area contributed by atoms with Gasteiger partial charge in [0.2, 0.25) is 0 Å². The number of hydrogen-bond acceptors (Lipinski definition) is 3. The second kappa shape index (κ2) is 5.75. The molecule has 0 aliphatic carbocycles. The van der Waals surface area contributed by atoms with Gasteiger partial charge < -0.3 is 4.74 Å². The van der Waals surface area contributed by atoms with Gasteiger partial charge in [0.15, 0.2) is 0 Å². The maximum Gasteiger partial charge on any atom is 0.333 e. The zero-order valence-electron chi connectivity index (χ0n) is 9.02. The number of carbonyl (C=O) groups is 1. The standard InChI is InChI=1S/C13H14O2S/c14-13-11(8-9-15-13)5-4-10-16-12-6-2-1-3-7-12/h1-3,5-7H,4,8-10H2/b11-5+. The molecule has 0 atom stereocenters. The van der Waals surface area contributed by atoms with E-state index in [-0.39, 0.29) is 5.97 Å². The van der Waals surface area contributed by atoms with E-state index in [4.69, 9.17) is 4.74 Å². The van der Waals surface area contributed by atoms with E-state index in [2.05, 4.69) is 12.1 Å². The normalized spacial score (nSPS) is 17.8.